The van der Waals surface area contributed by atoms with Crippen molar-refractivity contribution in [3.63, 3.8) is 0 Å². The maximum Gasteiger partial charge on any atom is 0.167 e. The van der Waals surface area contributed by atoms with E-state index in [0.29, 0.717) is 5.92 Å². The highest BCUT2D eigenvalue weighted by Crippen LogP contribution is 2.32. The minimum Gasteiger partial charge on any atom is -0.353 e. The fourth-order valence-corrected chi connectivity index (χ4v) is 3.85. The third-order valence-corrected chi connectivity index (χ3v) is 5.87. The standard InChI is InChI=1S/C24H41FO2/c1-5-6-7-8-9-12-17-22(24(2,26-3)27-4)18-13-10-11-15-21-16-14-19-23(25)20-21/h14,16,19-20,22H,5-13,15,17-18H2,1-4H3. The molecule has 0 N–H and O–H groups in total. The molecule has 0 aromatic heterocycles. The van der Waals surface area contributed by atoms with Crippen LogP contribution in [0.15, 0.2) is 24.3 Å². The Balaban J connectivity index is 2.35. The molecule has 0 radical (unpaired) electrons. The van der Waals surface area contributed by atoms with Crippen LogP contribution in [-0.2, 0) is 15.9 Å². The summed E-state index contributed by atoms with van der Waals surface area (Å²) in [6, 6.07) is 6.96. The number of rotatable bonds is 16. The molecule has 156 valence electrons. The van der Waals surface area contributed by atoms with Crippen molar-refractivity contribution >= 4 is 0 Å². The van der Waals surface area contributed by atoms with Crippen LogP contribution in [-0.4, -0.2) is 20.0 Å². The van der Waals surface area contributed by atoms with E-state index in [-0.39, 0.29) is 5.82 Å². The summed E-state index contributed by atoms with van der Waals surface area (Å²) in [5.41, 5.74) is 1.09. The first-order valence-electron chi connectivity index (χ1n) is 10.9. The molecule has 1 aromatic rings. The summed E-state index contributed by atoms with van der Waals surface area (Å²) < 4.78 is 24.7. The second-order valence-corrected chi connectivity index (χ2v) is 7.91. The van der Waals surface area contributed by atoms with Crippen LogP contribution in [0.4, 0.5) is 4.39 Å². The van der Waals surface area contributed by atoms with Crippen LogP contribution in [0.25, 0.3) is 0 Å². The van der Waals surface area contributed by atoms with Crippen molar-refractivity contribution in [1.82, 2.24) is 0 Å². The first-order valence-corrected chi connectivity index (χ1v) is 10.9. The molecular formula is C24H41FO2. The number of unbranched alkanes of at least 4 members (excludes halogenated alkanes) is 7. The van der Waals surface area contributed by atoms with E-state index < -0.39 is 5.79 Å². The molecule has 3 heteroatoms. The average molecular weight is 381 g/mol. The number of halogens is 1. The Bertz CT molecular complexity index is 485. The van der Waals surface area contributed by atoms with Crippen LogP contribution in [0.1, 0.15) is 90.0 Å². The van der Waals surface area contributed by atoms with Crippen LogP contribution >= 0.6 is 0 Å². The van der Waals surface area contributed by atoms with Gasteiger partial charge in [-0.05, 0) is 50.3 Å². The van der Waals surface area contributed by atoms with Crippen molar-refractivity contribution < 1.29 is 13.9 Å². The molecule has 0 saturated heterocycles. The van der Waals surface area contributed by atoms with Crippen LogP contribution in [0.2, 0.25) is 0 Å². The molecule has 2 nitrogen and oxygen atoms in total. The molecule has 0 amide bonds. The summed E-state index contributed by atoms with van der Waals surface area (Å²) in [5, 5.41) is 0. The number of methoxy groups -OCH3 is 2. The fourth-order valence-electron chi connectivity index (χ4n) is 3.85. The lowest BCUT2D eigenvalue weighted by Crippen LogP contribution is -2.39. The highest BCUT2D eigenvalue weighted by Gasteiger charge is 2.33. The largest absolute Gasteiger partial charge is 0.353 e. The van der Waals surface area contributed by atoms with E-state index in [1.165, 1.54) is 44.6 Å². The van der Waals surface area contributed by atoms with E-state index in [1.54, 1.807) is 26.4 Å². The SMILES string of the molecule is CCCCCCCCC(CCCCCc1cccc(F)c1)C(C)(OC)OC. The summed E-state index contributed by atoms with van der Waals surface area (Å²) in [7, 11) is 3.50. The highest BCUT2D eigenvalue weighted by molar-refractivity contribution is 5.16. The first kappa shape index (κ1) is 24.1. The number of hydrogen-bond donors (Lipinski definition) is 0. The molecule has 0 aliphatic carbocycles. The van der Waals surface area contributed by atoms with Crippen molar-refractivity contribution in [1.29, 1.82) is 0 Å². The van der Waals surface area contributed by atoms with Crippen LogP contribution < -0.4 is 0 Å². The van der Waals surface area contributed by atoms with Gasteiger partial charge in [-0.2, -0.15) is 0 Å². The number of ether oxygens (including phenoxy) is 2. The van der Waals surface area contributed by atoms with E-state index in [0.717, 1.165) is 44.1 Å². The fraction of sp³-hybridized carbons (Fsp3) is 0.750. The molecule has 0 fully saturated rings. The third kappa shape index (κ3) is 9.71. The quantitative estimate of drug-likeness (QED) is 0.221. The van der Waals surface area contributed by atoms with E-state index in [1.807, 2.05) is 6.07 Å². The molecule has 1 rings (SSSR count). The lowest BCUT2D eigenvalue weighted by atomic mass is 9.87. The van der Waals surface area contributed by atoms with E-state index >= 15 is 0 Å². The zero-order chi connectivity index (χ0) is 20.0. The van der Waals surface area contributed by atoms with E-state index in [9.17, 15) is 4.39 Å². The van der Waals surface area contributed by atoms with Gasteiger partial charge in [-0.15, -0.1) is 0 Å². The molecule has 1 unspecified atom stereocenters. The second-order valence-electron chi connectivity index (χ2n) is 7.91. The normalized spacial score (nSPS) is 13.1. The predicted molar refractivity (Wildman–Crippen MR) is 112 cm³/mol. The minimum atomic E-state index is -0.494. The molecule has 0 aliphatic rings. The van der Waals surface area contributed by atoms with Crippen LogP contribution in [0.3, 0.4) is 0 Å². The molecule has 0 aliphatic heterocycles. The van der Waals surface area contributed by atoms with Gasteiger partial charge in [0.05, 0.1) is 0 Å². The maximum absolute atomic E-state index is 13.2. The Hall–Kier alpha value is -0.930. The Morgan fingerprint density at radius 2 is 1.48 bits per heavy atom. The number of benzene rings is 1. The van der Waals surface area contributed by atoms with Gasteiger partial charge in [0.15, 0.2) is 5.79 Å². The molecule has 0 bridgehead atoms. The zero-order valence-electron chi connectivity index (χ0n) is 18.1. The van der Waals surface area contributed by atoms with E-state index in [4.69, 9.17) is 9.47 Å². The maximum atomic E-state index is 13.2. The molecular weight excluding hydrogens is 339 g/mol. The van der Waals surface area contributed by atoms with Crippen molar-refractivity contribution in [2.24, 2.45) is 5.92 Å². The smallest absolute Gasteiger partial charge is 0.167 e. The van der Waals surface area contributed by atoms with Gasteiger partial charge in [0.1, 0.15) is 5.82 Å². The monoisotopic (exact) mass is 380 g/mol. The van der Waals surface area contributed by atoms with Gasteiger partial charge in [-0.1, -0.05) is 70.4 Å². The Morgan fingerprint density at radius 1 is 0.889 bits per heavy atom. The number of hydrogen-bond acceptors (Lipinski definition) is 2. The van der Waals surface area contributed by atoms with Crippen molar-refractivity contribution in [2.75, 3.05) is 14.2 Å². The summed E-state index contributed by atoms with van der Waals surface area (Å²) in [4.78, 5) is 0. The van der Waals surface area contributed by atoms with Gasteiger partial charge in [0.25, 0.3) is 0 Å². The molecule has 1 atom stereocenters. The Kier molecular flexibility index (Phi) is 12.6. The topological polar surface area (TPSA) is 18.5 Å². The second kappa shape index (κ2) is 14.1. The Morgan fingerprint density at radius 3 is 2.07 bits per heavy atom. The average Bonchev–Trinajstić information content (AvgIpc) is 2.68. The predicted octanol–water partition coefficient (Wildman–Crippen LogP) is 7.30. The van der Waals surface area contributed by atoms with Gasteiger partial charge in [0, 0.05) is 20.1 Å². The summed E-state index contributed by atoms with van der Waals surface area (Å²) in [6.07, 6.45) is 14.6. The lowest BCUT2D eigenvalue weighted by Gasteiger charge is -2.35. The molecule has 0 heterocycles. The summed E-state index contributed by atoms with van der Waals surface area (Å²) >= 11 is 0. The Labute approximate surface area is 166 Å². The van der Waals surface area contributed by atoms with Crippen LogP contribution in [0.5, 0.6) is 0 Å². The molecule has 27 heavy (non-hydrogen) atoms. The van der Waals surface area contributed by atoms with Gasteiger partial charge < -0.3 is 9.47 Å². The van der Waals surface area contributed by atoms with Crippen molar-refractivity contribution in [3.8, 4) is 0 Å². The van der Waals surface area contributed by atoms with Gasteiger partial charge >= 0.3 is 0 Å². The van der Waals surface area contributed by atoms with Gasteiger partial charge in [-0.25, -0.2) is 4.39 Å². The molecule has 0 spiro atoms. The number of aryl methyl sites for hydroxylation is 1. The van der Waals surface area contributed by atoms with Crippen molar-refractivity contribution in [3.05, 3.63) is 35.6 Å². The van der Waals surface area contributed by atoms with Crippen LogP contribution in [0, 0.1) is 11.7 Å². The first-order chi connectivity index (χ1) is 13.1. The van der Waals surface area contributed by atoms with E-state index in [2.05, 4.69) is 13.8 Å². The van der Waals surface area contributed by atoms with Crippen molar-refractivity contribution in [2.45, 2.75) is 96.7 Å². The summed E-state index contributed by atoms with van der Waals surface area (Å²) in [6.45, 7) is 4.33. The summed E-state index contributed by atoms with van der Waals surface area (Å²) in [5.74, 6) is -0.207. The lowest BCUT2D eigenvalue weighted by molar-refractivity contribution is -0.230. The highest BCUT2D eigenvalue weighted by atomic mass is 19.1. The minimum absolute atomic E-state index is 0.137. The van der Waals surface area contributed by atoms with Gasteiger partial charge in [-0.3, -0.25) is 0 Å². The molecule has 1 aromatic carbocycles. The zero-order valence-corrected chi connectivity index (χ0v) is 18.1. The molecule has 0 saturated carbocycles. The third-order valence-electron chi connectivity index (χ3n) is 5.87. The van der Waals surface area contributed by atoms with Gasteiger partial charge in [0.2, 0.25) is 0 Å².